The molecule has 21 heavy (non-hydrogen) atoms. The molecular formula is C18H14O2S. The van der Waals surface area contributed by atoms with Gasteiger partial charge in [-0.05, 0) is 34.5 Å². The summed E-state index contributed by atoms with van der Waals surface area (Å²) in [7, 11) is 0. The number of benzene rings is 2. The predicted octanol–water partition coefficient (Wildman–Crippen LogP) is 4.56. The minimum Gasteiger partial charge on any atom is -0.488 e. The smallest absolute Gasteiger partial charge is 0.196 e. The number of rotatable bonds is 5. The number of ether oxygens (including phenoxy) is 1. The van der Waals surface area contributed by atoms with Crippen molar-refractivity contribution in [1.29, 1.82) is 0 Å². The van der Waals surface area contributed by atoms with Gasteiger partial charge in [-0.3, -0.25) is 4.79 Å². The van der Waals surface area contributed by atoms with Crippen molar-refractivity contribution in [1.82, 2.24) is 0 Å². The summed E-state index contributed by atoms with van der Waals surface area (Å²) in [5.74, 6) is 0.606. The average molecular weight is 294 g/mol. The molecule has 0 unspecified atom stereocenters. The maximum atomic E-state index is 12.6. The van der Waals surface area contributed by atoms with E-state index < -0.39 is 0 Å². The summed E-state index contributed by atoms with van der Waals surface area (Å²) in [6.45, 7) is 0.475. The quantitative estimate of drug-likeness (QED) is 0.645. The molecule has 2 nitrogen and oxygen atoms in total. The first kappa shape index (κ1) is 13.6. The van der Waals surface area contributed by atoms with Gasteiger partial charge in [0.1, 0.15) is 12.4 Å². The van der Waals surface area contributed by atoms with E-state index in [9.17, 15) is 4.79 Å². The standard InChI is InChI=1S/C18H14O2S/c19-18(15-6-2-1-3-7-15)16-8-4-5-9-17(16)20-12-14-10-11-21-13-14/h1-11,13H,12H2. The molecule has 0 saturated carbocycles. The average Bonchev–Trinajstić information content (AvgIpc) is 3.07. The summed E-state index contributed by atoms with van der Waals surface area (Å²) in [5, 5.41) is 4.06. The lowest BCUT2D eigenvalue weighted by Gasteiger charge is -2.10. The van der Waals surface area contributed by atoms with E-state index in [1.807, 2.05) is 65.4 Å². The van der Waals surface area contributed by atoms with Crippen LogP contribution in [0.4, 0.5) is 0 Å². The van der Waals surface area contributed by atoms with Crippen LogP contribution >= 0.6 is 11.3 Å². The summed E-state index contributed by atoms with van der Waals surface area (Å²) in [6, 6.07) is 18.7. The molecule has 0 amide bonds. The molecule has 1 aromatic heterocycles. The SMILES string of the molecule is O=C(c1ccccc1)c1ccccc1OCc1ccsc1. The van der Waals surface area contributed by atoms with Gasteiger partial charge in [-0.1, -0.05) is 42.5 Å². The largest absolute Gasteiger partial charge is 0.488 e. The highest BCUT2D eigenvalue weighted by atomic mass is 32.1. The van der Waals surface area contributed by atoms with Crippen LogP contribution in [-0.2, 0) is 6.61 Å². The van der Waals surface area contributed by atoms with Crippen molar-refractivity contribution < 1.29 is 9.53 Å². The highest BCUT2D eigenvalue weighted by Gasteiger charge is 2.14. The fourth-order valence-electron chi connectivity index (χ4n) is 2.06. The molecule has 3 rings (SSSR count). The molecule has 0 spiro atoms. The monoisotopic (exact) mass is 294 g/mol. The van der Waals surface area contributed by atoms with Gasteiger partial charge in [0.25, 0.3) is 0 Å². The first-order chi connectivity index (χ1) is 10.3. The Kier molecular flexibility index (Phi) is 4.12. The summed E-state index contributed by atoms with van der Waals surface area (Å²) < 4.78 is 5.81. The fraction of sp³-hybridized carbons (Fsp3) is 0.0556. The van der Waals surface area contributed by atoms with Crippen molar-refractivity contribution in [2.24, 2.45) is 0 Å². The van der Waals surface area contributed by atoms with Gasteiger partial charge < -0.3 is 4.74 Å². The van der Waals surface area contributed by atoms with E-state index >= 15 is 0 Å². The molecule has 0 N–H and O–H groups in total. The molecule has 104 valence electrons. The Bertz CT molecular complexity index is 718. The van der Waals surface area contributed by atoms with Gasteiger partial charge in [0.2, 0.25) is 0 Å². The van der Waals surface area contributed by atoms with Crippen LogP contribution in [0, 0.1) is 0 Å². The lowest BCUT2D eigenvalue weighted by Crippen LogP contribution is -2.05. The van der Waals surface area contributed by atoms with Gasteiger partial charge in [-0.15, -0.1) is 0 Å². The van der Waals surface area contributed by atoms with Crippen molar-refractivity contribution in [2.45, 2.75) is 6.61 Å². The number of para-hydroxylation sites is 1. The van der Waals surface area contributed by atoms with E-state index in [0.717, 1.165) is 5.56 Å². The number of ketones is 1. The van der Waals surface area contributed by atoms with E-state index in [4.69, 9.17) is 4.74 Å². The Morgan fingerprint density at radius 2 is 1.71 bits per heavy atom. The molecular weight excluding hydrogens is 280 g/mol. The van der Waals surface area contributed by atoms with Gasteiger partial charge in [0.15, 0.2) is 5.78 Å². The van der Waals surface area contributed by atoms with Gasteiger partial charge in [0.05, 0.1) is 5.56 Å². The lowest BCUT2D eigenvalue weighted by atomic mass is 10.0. The van der Waals surface area contributed by atoms with Crippen molar-refractivity contribution in [3.8, 4) is 5.75 Å². The van der Waals surface area contributed by atoms with Crippen LogP contribution in [0.2, 0.25) is 0 Å². The first-order valence-corrected chi connectivity index (χ1v) is 7.61. The lowest BCUT2D eigenvalue weighted by molar-refractivity contribution is 0.103. The summed E-state index contributed by atoms with van der Waals surface area (Å²) in [6.07, 6.45) is 0. The molecule has 0 radical (unpaired) electrons. The third kappa shape index (κ3) is 3.20. The third-order valence-electron chi connectivity index (χ3n) is 3.14. The second-order valence-electron chi connectivity index (χ2n) is 4.61. The Morgan fingerprint density at radius 3 is 2.48 bits per heavy atom. The third-order valence-corrected chi connectivity index (χ3v) is 3.87. The zero-order valence-electron chi connectivity index (χ0n) is 11.4. The maximum Gasteiger partial charge on any atom is 0.196 e. The molecule has 0 fully saturated rings. The fourth-order valence-corrected chi connectivity index (χ4v) is 2.71. The Balaban J connectivity index is 1.84. The molecule has 0 aliphatic carbocycles. The van der Waals surface area contributed by atoms with Crippen LogP contribution < -0.4 is 4.74 Å². The van der Waals surface area contributed by atoms with Gasteiger partial charge in [-0.25, -0.2) is 0 Å². The van der Waals surface area contributed by atoms with E-state index in [-0.39, 0.29) is 5.78 Å². The summed E-state index contributed by atoms with van der Waals surface area (Å²) in [4.78, 5) is 12.6. The minimum absolute atomic E-state index is 0.0171. The molecule has 1 heterocycles. The number of hydrogen-bond acceptors (Lipinski definition) is 3. The molecule has 3 heteroatoms. The topological polar surface area (TPSA) is 26.3 Å². The second-order valence-corrected chi connectivity index (χ2v) is 5.39. The highest BCUT2D eigenvalue weighted by molar-refractivity contribution is 7.07. The van der Waals surface area contributed by atoms with Crippen molar-refractivity contribution >= 4 is 17.1 Å². The normalized spacial score (nSPS) is 10.3. The molecule has 2 aromatic carbocycles. The van der Waals surface area contributed by atoms with Crippen LogP contribution in [0.5, 0.6) is 5.75 Å². The van der Waals surface area contributed by atoms with Crippen LogP contribution in [0.15, 0.2) is 71.4 Å². The minimum atomic E-state index is -0.0171. The van der Waals surface area contributed by atoms with Crippen molar-refractivity contribution in [3.63, 3.8) is 0 Å². The van der Waals surface area contributed by atoms with Crippen molar-refractivity contribution in [3.05, 3.63) is 88.1 Å². The molecule has 0 bridgehead atoms. The maximum absolute atomic E-state index is 12.6. The number of hydrogen-bond donors (Lipinski definition) is 0. The summed E-state index contributed by atoms with van der Waals surface area (Å²) >= 11 is 1.64. The van der Waals surface area contributed by atoms with E-state index in [1.165, 1.54) is 0 Å². The Hall–Kier alpha value is -2.39. The molecule has 0 saturated heterocycles. The van der Waals surface area contributed by atoms with Gasteiger partial charge >= 0.3 is 0 Å². The second kappa shape index (κ2) is 6.37. The number of carbonyl (C=O) groups excluding carboxylic acids is 1. The van der Waals surface area contributed by atoms with Crippen LogP contribution in [0.25, 0.3) is 0 Å². The van der Waals surface area contributed by atoms with Crippen molar-refractivity contribution in [2.75, 3.05) is 0 Å². The van der Waals surface area contributed by atoms with Crippen LogP contribution in [-0.4, -0.2) is 5.78 Å². The molecule has 0 atom stereocenters. The Labute approximate surface area is 127 Å². The number of thiophene rings is 1. The predicted molar refractivity (Wildman–Crippen MR) is 85.0 cm³/mol. The number of carbonyl (C=O) groups is 1. The van der Waals surface area contributed by atoms with E-state index in [2.05, 4.69) is 0 Å². The van der Waals surface area contributed by atoms with Crippen LogP contribution in [0.3, 0.4) is 0 Å². The molecule has 3 aromatic rings. The summed E-state index contributed by atoms with van der Waals surface area (Å²) in [5.41, 5.74) is 2.38. The molecule has 0 aliphatic heterocycles. The van der Waals surface area contributed by atoms with E-state index in [0.29, 0.717) is 23.5 Å². The zero-order chi connectivity index (χ0) is 14.5. The van der Waals surface area contributed by atoms with Gasteiger partial charge in [-0.2, -0.15) is 11.3 Å². The van der Waals surface area contributed by atoms with Gasteiger partial charge in [0, 0.05) is 5.56 Å². The van der Waals surface area contributed by atoms with E-state index in [1.54, 1.807) is 17.4 Å². The van der Waals surface area contributed by atoms with Crippen LogP contribution in [0.1, 0.15) is 21.5 Å². The molecule has 0 aliphatic rings. The Morgan fingerprint density at radius 1 is 0.952 bits per heavy atom. The zero-order valence-corrected chi connectivity index (χ0v) is 12.2. The first-order valence-electron chi connectivity index (χ1n) is 6.67. The highest BCUT2D eigenvalue weighted by Crippen LogP contribution is 2.23.